The summed E-state index contributed by atoms with van der Waals surface area (Å²) in [6, 6.07) is 11.9. The lowest BCUT2D eigenvalue weighted by Gasteiger charge is -2.10. The summed E-state index contributed by atoms with van der Waals surface area (Å²) in [5.41, 5.74) is 2.00. The lowest BCUT2D eigenvalue weighted by molar-refractivity contribution is 0.102. The van der Waals surface area contributed by atoms with E-state index < -0.39 is 16.1 Å². The molecule has 7 nitrogen and oxygen atoms in total. The van der Waals surface area contributed by atoms with Crippen LogP contribution in [0.3, 0.4) is 0 Å². The third-order valence-corrected chi connectivity index (χ3v) is 5.13. The molecule has 0 heterocycles. The molecule has 0 aliphatic rings. The van der Waals surface area contributed by atoms with Crippen LogP contribution < -0.4 is 15.4 Å². The van der Waals surface area contributed by atoms with Crippen LogP contribution in [0.1, 0.15) is 35.7 Å². The Hall–Kier alpha value is -2.87. The van der Waals surface area contributed by atoms with Crippen molar-refractivity contribution in [2.75, 3.05) is 11.9 Å². The van der Waals surface area contributed by atoms with Crippen LogP contribution in [0.25, 0.3) is 0 Å². The van der Waals surface area contributed by atoms with Crippen LogP contribution >= 0.6 is 0 Å². The zero-order valence-electron chi connectivity index (χ0n) is 15.3. The third-order valence-electron chi connectivity index (χ3n) is 3.78. The number of hydrogen-bond acceptors (Lipinski definition) is 4. The molecule has 3 amide bonds. The topological polar surface area (TPSA) is 104 Å². The van der Waals surface area contributed by atoms with Gasteiger partial charge in [-0.05, 0) is 49.7 Å². The first kappa shape index (κ1) is 20.4. The van der Waals surface area contributed by atoms with Crippen LogP contribution in [0.4, 0.5) is 10.5 Å². The van der Waals surface area contributed by atoms with Crippen molar-refractivity contribution in [3.63, 3.8) is 0 Å². The summed E-state index contributed by atoms with van der Waals surface area (Å²) >= 11 is 0. The molecule has 0 aliphatic carbocycles. The van der Waals surface area contributed by atoms with Gasteiger partial charge < -0.3 is 10.6 Å². The number of benzene rings is 2. The first-order valence-corrected chi connectivity index (χ1v) is 10.1. The van der Waals surface area contributed by atoms with Gasteiger partial charge in [-0.3, -0.25) is 4.79 Å². The van der Waals surface area contributed by atoms with E-state index in [1.165, 1.54) is 24.3 Å². The van der Waals surface area contributed by atoms with Crippen molar-refractivity contribution in [1.29, 1.82) is 0 Å². The van der Waals surface area contributed by atoms with Gasteiger partial charge in [-0.25, -0.2) is 17.9 Å². The Morgan fingerprint density at radius 1 is 0.963 bits per heavy atom. The molecule has 3 N–H and O–H groups in total. The second kappa shape index (κ2) is 9.18. The average molecular weight is 389 g/mol. The van der Waals surface area contributed by atoms with Crippen molar-refractivity contribution in [1.82, 2.24) is 10.0 Å². The highest BCUT2D eigenvalue weighted by molar-refractivity contribution is 7.90. The van der Waals surface area contributed by atoms with Crippen LogP contribution in [-0.4, -0.2) is 26.9 Å². The van der Waals surface area contributed by atoms with Gasteiger partial charge in [0.25, 0.3) is 15.9 Å². The van der Waals surface area contributed by atoms with Crippen molar-refractivity contribution >= 4 is 27.6 Å². The van der Waals surface area contributed by atoms with Gasteiger partial charge in [0.1, 0.15) is 0 Å². The third kappa shape index (κ3) is 6.10. The van der Waals surface area contributed by atoms with Crippen molar-refractivity contribution in [3.05, 3.63) is 59.7 Å². The van der Waals surface area contributed by atoms with Crippen molar-refractivity contribution in [2.45, 2.75) is 31.6 Å². The Bertz CT molecular complexity index is 892. The van der Waals surface area contributed by atoms with Gasteiger partial charge in [0.2, 0.25) is 0 Å². The molecule has 2 aromatic carbocycles. The van der Waals surface area contributed by atoms with Crippen molar-refractivity contribution in [2.24, 2.45) is 0 Å². The molecule has 8 heteroatoms. The highest BCUT2D eigenvalue weighted by atomic mass is 32.2. The molecule has 0 spiro atoms. The Kier molecular flexibility index (Phi) is 6.95. The highest BCUT2D eigenvalue weighted by Crippen LogP contribution is 2.15. The van der Waals surface area contributed by atoms with Crippen molar-refractivity contribution in [3.8, 4) is 0 Å². The molecule has 0 fully saturated rings. The van der Waals surface area contributed by atoms with Crippen LogP contribution in [0.15, 0.2) is 53.4 Å². The molecule has 0 aromatic heterocycles. The SMILES string of the molecule is CCCCNC(=O)NS(=O)(=O)c1ccc(NC(=O)c2ccc(C)cc2)cc1. The predicted molar refractivity (Wildman–Crippen MR) is 104 cm³/mol. The first-order chi connectivity index (χ1) is 12.8. The number of anilines is 1. The molecule has 0 radical (unpaired) electrons. The second-order valence-electron chi connectivity index (χ2n) is 6.06. The van der Waals surface area contributed by atoms with Gasteiger partial charge in [-0.15, -0.1) is 0 Å². The lowest BCUT2D eigenvalue weighted by Crippen LogP contribution is -2.39. The maximum atomic E-state index is 12.2. The molecule has 0 aliphatic heterocycles. The zero-order valence-corrected chi connectivity index (χ0v) is 16.1. The maximum Gasteiger partial charge on any atom is 0.328 e. The fraction of sp³-hybridized carbons (Fsp3) is 0.263. The van der Waals surface area contributed by atoms with Gasteiger partial charge in [-0.1, -0.05) is 31.0 Å². The molecule has 0 atom stereocenters. The highest BCUT2D eigenvalue weighted by Gasteiger charge is 2.17. The van der Waals surface area contributed by atoms with E-state index in [-0.39, 0.29) is 10.8 Å². The fourth-order valence-corrected chi connectivity index (χ4v) is 3.15. The minimum Gasteiger partial charge on any atom is -0.337 e. The fourth-order valence-electron chi connectivity index (χ4n) is 2.22. The monoisotopic (exact) mass is 389 g/mol. The molecule has 2 aromatic rings. The molecule has 2 rings (SSSR count). The minimum absolute atomic E-state index is 0.0681. The number of unbranched alkanes of at least 4 members (excludes halogenated alkanes) is 1. The average Bonchev–Trinajstić information content (AvgIpc) is 2.62. The van der Waals surface area contributed by atoms with Crippen LogP contribution in [0.2, 0.25) is 0 Å². The summed E-state index contributed by atoms with van der Waals surface area (Å²) < 4.78 is 26.4. The number of urea groups is 1. The van der Waals surface area contributed by atoms with Gasteiger partial charge in [-0.2, -0.15) is 0 Å². The van der Waals surface area contributed by atoms with E-state index in [0.717, 1.165) is 18.4 Å². The van der Waals surface area contributed by atoms with E-state index in [4.69, 9.17) is 0 Å². The van der Waals surface area contributed by atoms with E-state index in [0.29, 0.717) is 17.8 Å². The number of hydrogen-bond donors (Lipinski definition) is 3. The van der Waals surface area contributed by atoms with E-state index in [1.54, 1.807) is 12.1 Å². The number of rotatable bonds is 7. The quantitative estimate of drug-likeness (QED) is 0.633. The summed E-state index contributed by atoms with van der Waals surface area (Å²) in [6.07, 6.45) is 1.66. The number of nitrogens with one attached hydrogen (secondary N) is 3. The van der Waals surface area contributed by atoms with Gasteiger partial charge in [0.15, 0.2) is 0 Å². The first-order valence-electron chi connectivity index (χ1n) is 8.60. The number of carbonyl (C=O) groups is 2. The van der Waals surface area contributed by atoms with Crippen LogP contribution in [0.5, 0.6) is 0 Å². The maximum absolute atomic E-state index is 12.2. The van der Waals surface area contributed by atoms with Crippen LogP contribution in [0, 0.1) is 6.92 Å². The Morgan fingerprint density at radius 3 is 2.19 bits per heavy atom. The Labute approximate surface area is 159 Å². The van der Waals surface area contributed by atoms with E-state index in [1.807, 2.05) is 30.7 Å². The van der Waals surface area contributed by atoms with Gasteiger partial charge >= 0.3 is 6.03 Å². The van der Waals surface area contributed by atoms with E-state index >= 15 is 0 Å². The smallest absolute Gasteiger partial charge is 0.328 e. The lowest BCUT2D eigenvalue weighted by atomic mass is 10.1. The van der Waals surface area contributed by atoms with E-state index in [9.17, 15) is 18.0 Å². The normalized spacial score (nSPS) is 10.9. The molecule has 0 unspecified atom stereocenters. The summed E-state index contributed by atoms with van der Waals surface area (Å²) in [5.74, 6) is -0.293. The predicted octanol–water partition coefficient (Wildman–Crippen LogP) is 3.04. The summed E-state index contributed by atoms with van der Waals surface area (Å²) in [4.78, 5) is 23.8. The number of aryl methyl sites for hydroxylation is 1. The molecule has 27 heavy (non-hydrogen) atoms. The van der Waals surface area contributed by atoms with Gasteiger partial charge in [0.05, 0.1) is 4.90 Å². The molecule has 144 valence electrons. The number of carbonyl (C=O) groups excluding carboxylic acids is 2. The molecule has 0 saturated heterocycles. The molecule has 0 bridgehead atoms. The zero-order chi connectivity index (χ0) is 19.9. The second-order valence-corrected chi connectivity index (χ2v) is 7.74. The largest absolute Gasteiger partial charge is 0.337 e. The summed E-state index contributed by atoms with van der Waals surface area (Å²) in [6.45, 7) is 4.30. The molecular weight excluding hydrogens is 366 g/mol. The Balaban J connectivity index is 2.00. The van der Waals surface area contributed by atoms with Crippen LogP contribution in [-0.2, 0) is 10.0 Å². The summed E-state index contributed by atoms with van der Waals surface area (Å²) in [7, 11) is -3.97. The van der Waals surface area contributed by atoms with E-state index in [2.05, 4.69) is 10.6 Å². The molecular formula is C19H23N3O4S. The van der Waals surface area contributed by atoms with Gasteiger partial charge in [0, 0.05) is 17.8 Å². The summed E-state index contributed by atoms with van der Waals surface area (Å²) in [5, 5.41) is 5.18. The minimum atomic E-state index is -3.97. The molecule has 0 saturated carbocycles. The Morgan fingerprint density at radius 2 is 1.59 bits per heavy atom. The number of amides is 3. The number of sulfonamides is 1. The standard InChI is InChI=1S/C19H23N3O4S/c1-3-4-13-20-19(24)22-27(25,26)17-11-9-16(10-12-17)21-18(23)15-7-5-14(2)6-8-15/h5-12H,3-4,13H2,1-2H3,(H,21,23)(H2,20,22,24). The van der Waals surface area contributed by atoms with Crippen molar-refractivity contribution < 1.29 is 18.0 Å².